The fourth-order valence-electron chi connectivity index (χ4n) is 3.64. The molecular formula is C21H19FN6O2S2. The van der Waals surface area contributed by atoms with Crippen molar-refractivity contribution in [2.45, 2.75) is 4.90 Å². The van der Waals surface area contributed by atoms with Crippen molar-refractivity contribution in [1.82, 2.24) is 19.3 Å². The first-order chi connectivity index (χ1) is 15.4. The number of thiazole rings is 1. The van der Waals surface area contributed by atoms with Gasteiger partial charge < -0.3 is 10.6 Å². The molecule has 2 aromatic carbocycles. The van der Waals surface area contributed by atoms with Crippen LogP contribution in [0.3, 0.4) is 0 Å². The number of hydrogen-bond acceptors (Lipinski definition) is 8. The lowest BCUT2D eigenvalue weighted by Gasteiger charge is -2.34. The molecule has 0 amide bonds. The second-order valence-electron chi connectivity index (χ2n) is 7.29. The van der Waals surface area contributed by atoms with Gasteiger partial charge in [0.25, 0.3) is 0 Å². The molecule has 4 aromatic rings. The zero-order chi connectivity index (χ0) is 22.3. The molecule has 0 bridgehead atoms. The predicted octanol–water partition coefficient (Wildman–Crippen LogP) is 2.99. The van der Waals surface area contributed by atoms with Gasteiger partial charge in [0.1, 0.15) is 16.3 Å². The zero-order valence-electron chi connectivity index (χ0n) is 16.8. The SMILES string of the molecule is Nc1nc(N2CCN(S(=O)(=O)c3ccccc3)CC2)c2nc(-c3ccc(F)cc3)sc2n1. The molecule has 0 radical (unpaired) electrons. The van der Waals surface area contributed by atoms with Crippen LogP contribution in [-0.4, -0.2) is 53.9 Å². The molecule has 8 nitrogen and oxygen atoms in total. The summed E-state index contributed by atoms with van der Waals surface area (Å²) in [7, 11) is -3.55. The molecule has 1 aliphatic heterocycles. The molecule has 0 spiro atoms. The highest BCUT2D eigenvalue weighted by molar-refractivity contribution is 7.89. The molecule has 2 aromatic heterocycles. The van der Waals surface area contributed by atoms with Crippen LogP contribution in [0.25, 0.3) is 20.9 Å². The summed E-state index contributed by atoms with van der Waals surface area (Å²) in [5, 5.41) is 0.687. The van der Waals surface area contributed by atoms with Gasteiger partial charge in [-0.2, -0.15) is 9.29 Å². The summed E-state index contributed by atoms with van der Waals surface area (Å²) in [6, 6.07) is 14.5. The molecule has 1 fully saturated rings. The number of sulfonamides is 1. The number of rotatable bonds is 4. The van der Waals surface area contributed by atoms with E-state index in [0.717, 1.165) is 5.56 Å². The Kier molecular flexibility index (Phi) is 5.24. The van der Waals surface area contributed by atoms with Crippen molar-refractivity contribution in [2.24, 2.45) is 0 Å². The minimum atomic E-state index is -3.55. The molecule has 3 heterocycles. The Hall–Kier alpha value is -3.15. The van der Waals surface area contributed by atoms with Crippen LogP contribution >= 0.6 is 11.3 Å². The normalized spacial score (nSPS) is 15.3. The van der Waals surface area contributed by atoms with Crippen molar-refractivity contribution < 1.29 is 12.8 Å². The lowest BCUT2D eigenvalue weighted by atomic mass is 10.2. The summed E-state index contributed by atoms with van der Waals surface area (Å²) >= 11 is 1.35. The van der Waals surface area contributed by atoms with Crippen LogP contribution < -0.4 is 10.6 Å². The molecule has 5 rings (SSSR count). The van der Waals surface area contributed by atoms with Crippen LogP contribution in [0.15, 0.2) is 59.5 Å². The lowest BCUT2D eigenvalue weighted by Crippen LogP contribution is -2.49. The first-order valence-electron chi connectivity index (χ1n) is 9.92. The molecule has 1 aliphatic rings. The number of anilines is 2. The Balaban J connectivity index is 1.42. The number of nitrogen functional groups attached to an aromatic ring is 1. The topological polar surface area (TPSA) is 105 Å². The third-order valence-corrected chi connectivity index (χ3v) is 8.18. The maximum Gasteiger partial charge on any atom is 0.243 e. The molecule has 0 saturated carbocycles. The maximum atomic E-state index is 13.3. The lowest BCUT2D eigenvalue weighted by molar-refractivity contribution is 0.384. The Bertz CT molecular complexity index is 1370. The van der Waals surface area contributed by atoms with Gasteiger partial charge in [0, 0.05) is 31.7 Å². The summed E-state index contributed by atoms with van der Waals surface area (Å²) in [5.74, 6) is 0.387. The number of hydrogen-bond donors (Lipinski definition) is 1. The summed E-state index contributed by atoms with van der Waals surface area (Å²) in [6.07, 6.45) is 0. The van der Waals surface area contributed by atoms with E-state index in [1.54, 1.807) is 42.5 Å². The third-order valence-electron chi connectivity index (χ3n) is 5.27. The average Bonchev–Trinajstić information content (AvgIpc) is 3.23. The van der Waals surface area contributed by atoms with E-state index in [2.05, 4.69) is 15.0 Å². The number of nitrogens with zero attached hydrogens (tertiary/aromatic N) is 5. The van der Waals surface area contributed by atoms with Gasteiger partial charge in [-0.1, -0.05) is 29.5 Å². The van der Waals surface area contributed by atoms with Gasteiger partial charge in [-0.05, 0) is 36.4 Å². The smallest absolute Gasteiger partial charge is 0.243 e. The van der Waals surface area contributed by atoms with Crippen LogP contribution in [-0.2, 0) is 10.0 Å². The minimum Gasteiger partial charge on any atom is -0.368 e. The van der Waals surface area contributed by atoms with Gasteiger partial charge in [-0.25, -0.2) is 22.8 Å². The standard InChI is InChI=1S/C21H19FN6O2S2/c22-15-8-6-14(7-9-15)19-24-17-18(25-21(23)26-20(17)31-19)27-10-12-28(13-11-27)32(29,30)16-4-2-1-3-5-16/h1-9H,10-13H2,(H2,23,25,26). The molecule has 1 saturated heterocycles. The van der Waals surface area contributed by atoms with E-state index in [1.807, 2.05) is 4.90 Å². The summed E-state index contributed by atoms with van der Waals surface area (Å²) in [4.78, 5) is 16.3. The van der Waals surface area contributed by atoms with Crippen LogP contribution in [0.1, 0.15) is 0 Å². The van der Waals surface area contributed by atoms with Crippen molar-refractivity contribution in [3.8, 4) is 10.6 Å². The van der Waals surface area contributed by atoms with E-state index in [-0.39, 0.29) is 16.7 Å². The molecule has 0 aliphatic carbocycles. The molecule has 11 heteroatoms. The largest absolute Gasteiger partial charge is 0.368 e. The van der Waals surface area contributed by atoms with E-state index in [0.29, 0.717) is 47.4 Å². The first kappa shape index (κ1) is 20.7. The summed E-state index contributed by atoms with van der Waals surface area (Å²) < 4.78 is 40.6. The van der Waals surface area contributed by atoms with E-state index in [4.69, 9.17) is 5.73 Å². The second kappa shape index (κ2) is 8.08. The molecule has 0 unspecified atom stereocenters. The molecule has 32 heavy (non-hydrogen) atoms. The fraction of sp³-hybridized carbons (Fsp3) is 0.190. The van der Waals surface area contributed by atoms with E-state index in [1.165, 1.54) is 27.8 Å². The van der Waals surface area contributed by atoms with Gasteiger partial charge in [0.05, 0.1) is 4.90 Å². The fourth-order valence-corrected chi connectivity index (χ4v) is 6.03. The first-order valence-corrected chi connectivity index (χ1v) is 12.2. The third kappa shape index (κ3) is 3.78. The number of nitrogens with two attached hydrogens (primary N) is 1. The number of benzene rings is 2. The van der Waals surface area contributed by atoms with Crippen molar-refractivity contribution in [2.75, 3.05) is 36.8 Å². The van der Waals surface area contributed by atoms with Gasteiger partial charge in [0.2, 0.25) is 16.0 Å². The predicted molar refractivity (Wildman–Crippen MR) is 122 cm³/mol. The van der Waals surface area contributed by atoms with Gasteiger partial charge in [-0.3, -0.25) is 0 Å². The van der Waals surface area contributed by atoms with Gasteiger partial charge in [0.15, 0.2) is 10.6 Å². The van der Waals surface area contributed by atoms with Crippen molar-refractivity contribution in [1.29, 1.82) is 0 Å². The van der Waals surface area contributed by atoms with Crippen LogP contribution in [0, 0.1) is 5.82 Å². The van der Waals surface area contributed by atoms with Crippen molar-refractivity contribution in [3.63, 3.8) is 0 Å². The monoisotopic (exact) mass is 470 g/mol. The van der Waals surface area contributed by atoms with Crippen LogP contribution in [0.4, 0.5) is 16.2 Å². The van der Waals surface area contributed by atoms with Crippen molar-refractivity contribution in [3.05, 3.63) is 60.4 Å². The summed E-state index contributed by atoms with van der Waals surface area (Å²) in [6.45, 7) is 1.53. The Morgan fingerprint density at radius 1 is 0.906 bits per heavy atom. The Labute approximate surface area is 188 Å². The zero-order valence-corrected chi connectivity index (χ0v) is 18.5. The quantitative estimate of drug-likeness (QED) is 0.489. The van der Waals surface area contributed by atoms with E-state index < -0.39 is 10.0 Å². The van der Waals surface area contributed by atoms with E-state index >= 15 is 0 Å². The van der Waals surface area contributed by atoms with Crippen LogP contribution in [0.2, 0.25) is 0 Å². The average molecular weight is 471 g/mol. The second-order valence-corrected chi connectivity index (χ2v) is 10.2. The minimum absolute atomic E-state index is 0.126. The summed E-state index contributed by atoms with van der Waals surface area (Å²) in [5.41, 5.74) is 7.32. The highest BCUT2D eigenvalue weighted by Crippen LogP contribution is 2.34. The van der Waals surface area contributed by atoms with E-state index in [9.17, 15) is 12.8 Å². The van der Waals surface area contributed by atoms with Crippen molar-refractivity contribution >= 4 is 43.5 Å². The molecular weight excluding hydrogens is 451 g/mol. The molecule has 0 atom stereocenters. The Morgan fingerprint density at radius 3 is 2.28 bits per heavy atom. The number of aromatic nitrogens is 3. The molecule has 2 N–H and O–H groups in total. The van der Waals surface area contributed by atoms with Gasteiger partial charge in [-0.15, -0.1) is 0 Å². The highest BCUT2D eigenvalue weighted by atomic mass is 32.2. The number of fused-ring (bicyclic) bond motifs is 1. The highest BCUT2D eigenvalue weighted by Gasteiger charge is 2.30. The molecule has 164 valence electrons. The number of piperazine rings is 1. The maximum absolute atomic E-state index is 13.3. The number of halogens is 1. The van der Waals surface area contributed by atoms with Crippen LogP contribution in [0.5, 0.6) is 0 Å². The van der Waals surface area contributed by atoms with Gasteiger partial charge >= 0.3 is 0 Å². The Morgan fingerprint density at radius 2 is 1.59 bits per heavy atom.